The van der Waals surface area contributed by atoms with Crippen LogP contribution in [0.3, 0.4) is 0 Å². The molecule has 0 bridgehead atoms. The minimum Gasteiger partial charge on any atom is -0.497 e. The van der Waals surface area contributed by atoms with Crippen LogP contribution in [0.2, 0.25) is 0 Å². The van der Waals surface area contributed by atoms with Crippen molar-refractivity contribution in [2.45, 2.75) is 26.7 Å². The van der Waals surface area contributed by atoms with E-state index >= 15 is 0 Å². The molecule has 1 aliphatic carbocycles. The van der Waals surface area contributed by atoms with Crippen LogP contribution in [0.5, 0.6) is 5.75 Å². The van der Waals surface area contributed by atoms with Crippen LogP contribution in [-0.2, 0) is 4.74 Å². The molecule has 0 spiro atoms. The van der Waals surface area contributed by atoms with Crippen molar-refractivity contribution in [1.82, 2.24) is 4.90 Å². The van der Waals surface area contributed by atoms with Crippen molar-refractivity contribution in [1.29, 1.82) is 0 Å². The molecule has 3 aromatic rings. The fourth-order valence-electron chi connectivity index (χ4n) is 5.18. The molecular weight excluding hydrogens is 470 g/mol. The quantitative estimate of drug-likeness (QED) is 0.316. The molecule has 0 saturated heterocycles. The molecule has 0 saturated carbocycles. The lowest BCUT2D eigenvalue weighted by atomic mass is 9.76. The van der Waals surface area contributed by atoms with Crippen LogP contribution >= 0.6 is 12.4 Å². The fourth-order valence-corrected chi connectivity index (χ4v) is 5.18. The van der Waals surface area contributed by atoms with Gasteiger partial charge in [0.15, 0.2) is 0 Å². The lowest BCUT2D eigenvalue weighted by Crippen LogP contribution is -2.25. The predicted molar refractivity (Wildman–Crippen MR) is 152 cm³/mol. The SMILES string of the molecule is CCOC(=O)c1cc(/C=C2/CCC(CN(C)C)C(c3cccc(OC)c3)=C2C)cc2ccccc12.Cl. The summed E-state index contributed by atoms with van der Waals surface area (Å²) < 4.78 is 10.9. The minimum atomic E-state index is -0.275. The van der Waals surface area contributed by atoms with Gasteiger partial charge in [-0.25, -0.2) is 4.79 Å². The smallest absolute Gasteiger partial charge is 0.338 e. The number of hydrogen-bond acceptors (Lipinski definition) is 4. The molecule has 4 rings (SSSR count). The molecule has 0 fully saturated rings. The Balaban J connectivity index is 0.00000361. The maximum atomic E-state index is 12.7. The number of nitrogens with zero attached hydrogens (tertiary/aromatic N) is 1. The molecule has 0 amide bonds. The fraction of sp³-hybridized carbons (Fsp3) is 0.323. The summed E-state index contributed by atoms with van der Waals surface area (Å²) in [4.78, 5) is 15.0. The Morgan fingerprint density at radius 2 is 1.86 bits per heavy atom. The highest BCUT2D eigenvalue weighted by Gasteiger charge is 2.26. The molecule has 0 aliphatic heterocycles. The number of allylic oxidation sites excluding steroid dienone is 2. The second kappa shape index (κ2) is 12.2. The first-order chi connectivity index (χ1) is 16.9. The Bertz CT molecular complexity index is 1290. The number of carbonyl (C=O) groups is 1. The van der Waals surface area contributed by atoms with Gasteiger partial charge in [0.05, 0.1) is 19.3 Å². The van der Waals surface area contributed by atoms with Gasteiger partial charge in [0.1, 0.15) is 5.75 Å². The van der Waals surface area contributed by atoms with Crippen molar-refractivity contribution in [3.05, 3.63) is 88.5 Å². The molecule has 0 radical (unpaired) electrons. The second-order valence-corrected chi connectivity index (χ2v) is 9.45. The van der Waals surface area contributed by atoms with Gasteiger partial charge in [-0.05, 0) is 110 Å². The number of fused-ring (bicyclic) bond motifs is 1. The Morgan fingerprint density at radius 1 is 1.08 bits per heavy atom. The van der Waals surface area contributed by atoms with E-state index in [0.717, 1.165) is 41.5 Å². The molecule has 4 nitrogen and oxygen atoms in total. The van der Waals surface area contributed by atoms with Gasteiger partial charge >= 0.3 is 5.97 Å². The van der Waals surface area contributed by atoms with Crippen LogP contribution < -0.4 is 4.74 Å². The van der Waals surface area contributed by atoms with E-state index in [4.69, 9.17) is 9.47 Å². The monoisotopic (exact) mass is 505 g/mol. The Hall–Kier alpha value is -3.08. The highest BCUT2D eigenvalue weighted by molar-refractivity contribution is 6.05. The van der Waals surface area contributed by atoms with Gasteiger partial charge in [0.25, 0.3) is 0 Å². The lowest BCUT2D eigenvalue weighted by molar-refractivity contribution is 0.0528. The normalized spacial score (nSPS) is 16.8. The number of carbonyl (C=O) groups excluding carboxylic acids is 1. The van der Waals surface area contributed by atoms with Crippen molar-refractivity contribution >= 4 is 40.8 Å². The number of benzene rings is 3. The molecule has 190 valence electrons. The standard InChI is InChI=1S/C31H35NO3.ClH/c1-6-35-31(33)29-18-22(17-24-10-7-8-13-28(24)29)16-23-14-15-26(20-32(3)4)30(21(23)2)25-11-9-12-27(19-25)34-5;/h7-13,16-19,26H,6,14-15,20H2,1-5H3;1H/b23-16-;. The summed E-state index contributed by atoms with van der Waals surface area (Å²) >= 11 is 0. The number of methoxy groups -OCH3 is 1. The highest BCUT2D eigenvalue weighted by atomic mass is 35.5. The largest absolute Gasteiger partial charge is 0.497 e. The third-order valence-electron chi connectivity index (χ3n) is 6.74. The summed E-state index contributed by atoms with van der Waals surface area (Å²) in [7, 11) is 5.98. The molecule has 0 N–H and O–H groups in total. The number of rotatable bonds is 7. The summed E-state index contributed by atoms with van der Waals surface area (Å²) in [5, 5.41) is 1.97. The first-order valence-corrected chi connectivity index (χ1v) is 12.3. The van der Waals surface area contributed by atoms with Gasteiger partial charge in [-0.1, -0.05) is 42.5 Å². The summed E-state index contributed by atoms with van der Waals surface area (Å²) in [5.74, 6) is 1.04. The zero-order valence-corrected chi connectivity index (χ0v) is 22.7. The van der Waals surface area contributed by atoms with E-state index in [9.17, 15) is 4.79 Å². The maximum Gasteiger partial charge on any atom is 0.338 e. The average molecular weight is 506 g/mol. The van der Waals surface area contributed by atoms with Gasteiger partial charge < -0.3 is 14.4 Å². The zero-order chi connectivity index (χ0) is 24.9. The Kier molecular flexibility index (Phi) is 9.36. The minimum absolute atomic E-state index is 0. The van der Waals surface area contributed by atoms with Gasteiger partial charge in [-0.2, -0.15) is 0 Å². The van der Waals surface area contributed by atoms with E-state index in [0.29, 0.717) is 18.1 Å². The molecular formula is C31H36ClNO3. The average Bonchev–Trinajstić information content (AvgIpc) is 2.85. The number of hydrogen-bond donors (Lipinski definition) is 0. The zero-order valence-electron chi connectivity index (χ0n) is 21.8. The van der Waals surface area contributed by atoms with Gasteiger partial charge in [0, 0.05) is 6.54 Å². The van der Waals surface area contributed by atoms with Gasteiger partial charge in [-0.3, -0.25) is 0 Å². The van der Waals surface area contributed by atoms with Gasteiger partial charge in [0.2, 0.25) is 0 Å². The molecule has 0 aromatic heterocycles. The van der Waals surface area contributed by atoms with Crippen LogP contribution in [0.4, 0.5) is 0 Å². The number of halogens is 1. The first-order valence-electron chi connectivity index (χ1n) is 12.3. The number of esters is 1. The summed E-state index contributed by atoms with van der Waals surface area (Å²) in [5.41, 5.74) is 6.85. The van der Waals surface area contributed by atoms with Crippen molar-refractivity contribution in [3.63, 3.8) is 0 Å². The van der Waals surface area contributed by atoms with E-state index in [1.165, 1.54) is 22.3 Å². The van der Waals surface area contributed by atoms with Crippen LogP contribution in [0, 0.1) is 5.92 Å². The third kappa shape index (κ3) is 6.00. The van der Waals surface area contributed by atoms with Crippen LogP contribution in [0.25, 0.3) is 22.4 Å². The van der Waals surface area contributed by atoms with Crippen molar-refractivity contribution < 1.29 is 14.3 Å². The van der Waals surface area contributed by atoms with Crippen molar-refractivity contribution in [2.75, 3.05) is 34.4 Å². The van der Waals surface area contributed by atoms with Crippen LogP contribution in [0.15, 0.2) is 71.8 Å². The van der Waals surface area contributed by atoms with Crippen molar-refractivity contribution in [2.24, 2.45) is 5.92 Å². The molecule has 0 heterocycles. The Morgan fingerprint density at radius 3 is 2.58 bits per heavy atom. The predicted octanol–water partition coefficient (Wildman–Crippen LogP) is 7.28. The molecule has 1 atom stereocenters. The van der Waals surface area contributed by atoms with E-state index < -0.39 is 0 Å². The molecule has 5 heteroatoms. The molecule has 3 aromatic carbocycles. The summed E-state index contributed by atoms with van der Waals surface area (Å²) in [6.45, 7) is 5.43. The van der Waals surface area contributed by atoms with Crippen molar-refractivity contribution in [3.8, 4) is 5.75 Å². The van der Waals surface area contributed by atoms with E-state index in [1.54, 1.807) is 7.11 Å². The summed E-state index contributed by atoms with van der Waals surface area (Å²) in [6, 6.07) is 20.5. The summed E-state index contributed by atoms with van der Waals surface area (Å²) in [6.07, 6.45) is 4.32. The topological polar surface area (TPSA) is 38.8 Å². The maximum absolute atomic E-state index is 12.7. The van der Waals surface area contributed by atoms with Crippen LogP contribution in [-0.4, -0.2) is 45.2 Å². The van der Waals surface area contributed by atoms with E-state index in [1.807, 2.05) is 37.3 Å². The number of ether oxygens (including phenoxy) is 2. The molecule has 1 aliphatic rings. The third-order valence-corrected chi connectivity index (χ3v) is 6.74. The lowest BCUT2D eigenvalue weighted by Gasteiger charge is -2.32. The van der Waals surface area contributed by atoms with Gasteiger partial charge in [-0.15, -0.1) is 12.4 Å². The first kappa shape index (κ1) is 27.5. The van der Waals surface area contributed by atoms with Crippen LogP contribution in [0.1, 0.15) is 48.2 Å². The molecule has 1 unspecified atom stereocenters. The van der Waals surface area contributed by atoms with E-state index in [2.05, 4.69) is 62.3 Å². The highest BCUT2D eigenvalue weighted by Crippen LogP contribution is 2.41. The van der Waals surface area contributed by atoms with E-state index in [-0.39, 0.29) is 18.4 Å². The second-order valence-electron chi connectivity index (χ2n) is 9.45. The Labute approximate surface area is 221 Å². The molecule has 36 heavy (non-hydrogen) atoms.